The molecule has 2 rings (SSSR count). The van der Waals surface area contributed by atoms with E-state index in [2.05, 4.69) is 33.0 Å². The smallest absolute Gasteiger partial charge is 0.227 e. The Morgan fingerprint density at radius 2 is 1.71 bits per heavy atom. The lowest BCUT2D eigenvalue weighted by Crippen LogP contribution is -2.48. The molecule has 3 nitrogen and oxygen atoms in total. The first-order chi connectivity index (χ1) is 7.64. The Morgan fingerprint density at radius 3 is 2.06 bits per heavy atom. The van der Waals surface area contributed by atoms with Gasteiger partial charge in [-0.25, -0.2) is 0 Å². The second kappa shape index (κ2) is 3.47. The summed E-state index contributed by atoms with van der Waals surface area (Å²) in [6.45, 7) is 10.9. The van der Waals surface area contributed by atoms with Gasteiger partial charge in [0.15, 0.2) is 0 Å². The fourth-order valence-electron chi connectivity index (χ4n) is 3.33. The summed E-state index contributed by atoms with van der Waals surface area (Å²) in [6.07, 6.45) is 2.97. The zero-order valence-corrected chi connectivity index (χ0v) is 11.8. The molecule has 3 N–H and O–H groups in total. The summed E-state index contributed by atoms with van der Waals surface area (Å²) < 4.78 is 0. The Balaban J connectivity index is 2.05. The number of amides is 1. The second-order valence-corrected chi connectivity index (χ2v) is 7.27. The molecule has 2 aliphatic carbocycles. The molecule has 2 aliphatic rings. The summed E-state index contributed by atoms with van der Waals surface area (Å²) in [6, 6.07) is 0.305. The highest BCUT2D eigenvalue weighted by Crippen LogP contribution is 2.62. The van der Waals surface area contributed by atoms with Crippen LogP contribution in [0.3, 0.4) is 0 Å². The van der Waals surface area contributed by atoms with Crippen LogP contribution in [0.25, 0.3) is 0 Å². The second-order valence-electron chi connectivity index (χ2n) is 7.27. The number of hydrogen-bond donors (Lipinski definition) is 2. The maximum absolute atomic E-state index is 12.4. The van der Waals surface area contributed by atoms with Crippen LogP contribution in [-0.2, 0) is 4.79 Å². The van der Waals surface area contributed by atoms with E-state index in [1.165, 1.54) is 0 Å². The molecule has 0 heterocycles. The van der Waals surface area contributed by atoms with Crippen molar-refractivity contribution in [1.82, 2.24) is 5.32 Å². The van der Waals surface area contributed by atoms with E-state index >= 15 is 0 Å². The zero-order chi connectivity index (χ0) is 13.1. The highest BCUT2D eigenvalue weighted by atomic mass is 16.2. The lowest BCUT2D eigenvalue weighted by atomic mass is 9.84. The van der Waals surface area contributed by atoms with E-state index in [-0.39, 0.29) is 34.2 Å². The molecule has 0 radical (unpaired) electrons. The van der Waals surface area contributed by atoms with Gasteiger partial charge in [-0.1, -0.05) is 34.1 Å². The molecular weight excluding hydrogens is 212 g/mol. The van der Waals surface area contributed by atoms with Crippen LogP contribution in [0.2, 0.25) is 0 Å². The highest BCUT2D eigenvalue weighted by Gasteiger charge is 2.66. The minimum Gasteiger partial charge on any atom is -0.352 e. The summed E-state index contributed by atoms with van der Waals surface area (Å²) in [5.74, 6) is 0.158. The van der Waals surface area contributed by atoms with Crippen molar-refractivity contribution in [1.29, 1.82) is 0 Å². The van der Waals surface area contributed by atoms with Crippen molar-refractivity contribution in [3.05, 3.63) is 0 Å². The summed E-state index contributed by atoms with van der Waals surface area (Å²) in [7, 11) is 0. The average Bonchev–Trinajstić information content (AvgIpc) is 2.51. The lowest BCUT2D eigenvalue weighted by Gasteiger charge is -2.28. The largest absolute Gasteiger partial charge is 0.352 e. The SMILES string of the molecule is CC1(C(=O)NC2C(C)(C)C2(C)C)CCCC1N. The normalized spacial score (nSPS) is 39.1. The predicted molar refractivity (Wildman–Crippen MR) is 69.4 cm³/mol. The van der Waals surface area contributed by atoms with Gasteiger partial charge in [0, 0.05) is 12.1 Å². The molecule has 0 aliphatic heterocycles. The van der Waals surface area contributed by atoms with Crippen molar-refractivity contribution in [2.45, 2.75) is 66.0 Å². The number of carbonyl (C=O) groups excluding carboxylic acids is 1. The summed E-state index contributed by atoms with van der Waals surface area (Å²) >= 11 is 0. The Bertz CT molecular complexity index is 334. The van der Waals surface area contributed by atoms with Crippen molar-refractivity contribution >= 4 is 5.91 Å². The van der Waals surface area contributed by atoms with Crippen molar-refractivity contribution in [3.8, 4) is 0 Å². The highest BCUT2D eigenvalue weighted by molar-refractivity contribution is 5.84. The molecule has 2 unspecified atom stereocenters. The standard InChI is InChI=1S/C14H26N2O/c1-12(2)10(13(12,3)4)16-11(17)14(5)8-6-7-9(14)15/h9-10H,6-8,15H2,1-5H3,(H,16,17). The molecule has 1 amide bonds. The lowest BCUT2D eigenvalue weighted by molar-refractivity contribution is -0.131. The first kappa shape index (κ1) is 12.9. The molecule has 3 heteroatoms. The Hall–Kier alpha value is -0.570. The number of hydrogen-bond acceptors (Lipinski definition) is 2. The molecule has 98 valence electrons. The van der Waals surface area contributed by atoms with Crippen LogP contribution in [0.15, 0.2) is 0 Å². The van der Waals surface area contributed by atoms with Gasteiger partial charge in [0.25, 0.3) is 0 Å². The molecule has 17 heavy (non-hydrogen) atoms. The van der Waals surface area contributed by atoms with E-state index in [4.69, 9.17) is 5.73 Å². The molecule has 2 fully saturated rings. The van der Waals surface area contributed by atoms with Crippen LogP contribution in [0, 0.1) is 16.2 Å². The molecule has 0 saturated heterocycles. The van der Waals surface area contributed by atoms with E-state index in [0.717, 1.165) is 19.3 Å². The van der Waals surface area contributed by atoms with Crippen LogP contribution < -0.4 is 11.1 Å². The van der Waals surface area contributed by atoms with Crippen LogP contribution >= 0.6 is 0 Å². The van der Waals surface area contributed by atoms with Gasteiger partial charge in [0.1, 0.15) is 0 Å². The van der Waals surface area contributed by atoms with Gasteiger partial charge in [-0.3, -0.25) is 4.79 Å². The van der Waals surface area contributed by atoms with Crippen LogP contribution in [-0.4, -0.2) is 18.0 Å². The molecular formula is C14H26N2O. The minimum atomic E-state index is -0.352. The van der Waals surface area contributed by atoms with Crippen molar-refractivity contribution < 1.29 is 4.79 Å². The molecule has 0 bridgehead atoms. The Kier molecular flexibility index (Phi) is 2.63. The van der Waals surface area contributed by atoms with E-state index in [1.54, 1.807) is 0 Å². The summed E-state index contributed by atoms with van der Waals surface area (Å²) in [5, 5.41) is 3.23. The number of rotatable bonds is 2. The quantitative estimate of drug-likeness (QED) is 0.773. The summed E-state index contributed by atoms with van der Waals surface area (Å²) in [5.41, 5.74) is 6.12. The maximum atomic E-state index is 12.4. The van der Waals surface area contributed by atoms with Crippen LogP contribution in [0.5, 0.6) is 0 Å². The monoisotopic (exact) mass is 238 g/mol. The Morgan fingerprint density at radius 1 is 1.18 bits per heavy atom. The number of carbonyl (C=O) groups is 1. The molecule has 0 aromatic carbocycles. The van der Waals surface area contributed by atoms with E-state index in [9.17, 15) is 4.79 Å². The topological polar surface area (TPSA) is 55.1 Å². The van der Waals surface area contributed by atoms with Crippen molar-refractivity contribution in [2.75, 3.05) is 0 Å². The third-order valence-corrected chi connectivity index (χ3v) is 5.84. The molecule has 2 saturated carbocycles. The van der Waals surface area contributed by atoms with Crippen LogP contribution in [0.4, 0.5) is 0 Å². The van der Waals surface area contributed by atoms with Crippen molar-refractivity contribution in [2.24, 2.45) is 22.0 Å². The van der Waals surface area contributed by atoms with E-state index in [0.29, 0.717) is 0 Å². The third kappa shape index (κ3) is 1.62. The minimum absolute atomic E-state index is 0.0208. The molecule has 0 aromatic heterocycles. The van der Waals surface area contributed by atoms with Gasteiger partial charge in [0.2, 0.25) is 5.91 Å². The summed E-state index contributed by atoms with van der Waals surface area (Å²) in [4.78, 5) is 12.4. The molecule has 0 aromatic rings. The van der Waals surface area contributed by atoms with Crippen molar-refractivity contribution in [3.63, 3.8) is 0 Å². The van der Waals surface area contributed by atoms with Crippen LogP contribution in [0.1, 0.15) is 53.9 Å². The van der Waals surface area contributed by atoms with Gasteiger partial charge >= 0.3 is 0 Å². The van der Waals surface area contributed by atoms with Gasteiger partial charge < -0.3 is 11.1 Å². The van der Waals surface area contributed by atoms with Gasteiger partial charge in [-0.15, -0.1) is 0 Å². The number of nitrogens with two attached hydrogens (primary N) is 1. The first-order valence-corrected chi connectivity index (χ1v) is 6.70. The van der Waals surface area contributed by atoms with Gasteiger partial charge in [0.05, 0.1) is 5.41 Å². The van der Waals surface area contributed by atoms with Gasteiger partial charge in [-0.05, 0) is 30.6 Å². The van der Waals surface area contributed by atoms with E-state index in [1.807, 2.05) is 6.92 Å². The first-order valence-electron chi connectivity index (χ1n) is 6.70. The fourth-order valence-corrected chi connectivity index (χ4v) is 3.33. The third-order valence-electron chi connectivity index (χ3n) is 5.84. The zero-order valence-electron chi connectivity index (χ0n) is 11.8. The number of nitrogens with one attached hydrogen (secondary N) is 1. The molecule has 2 atom stereocenters. The van der Waals surface area contributed by atoms with Gasteiger partial charge in [-0.2, -0.15) is 0 Å². The fraction of sp³-hybridized carbons (Fsp3) is 0.929. The molecule has 0 spiro atoms. The van der Waals surface area contributed by atoms with E-state index < -0.39 is 0 Å². The predicted octanol–water partition coefficient (Wildman–Crippen LogP) is 2.05. The average molecular weight is 238 g/mol. The Labute approximate surface area is 105 Å². The maximum Gasteiger partial charge on any atom is 0.227 e.